The van der Waals surface area contributed by atoms with Gasteiger partial charge in [-0.15, -0.1) is 0 Å². The Morgan fingerprint density at radius 2 is 1.54 bits per heavy atom. The minimum atomic E-state index is -5.65. The van der Waals surface area contributed by atoms with E-state index in [4.69, 9.17) is 9.84 Å². The number of halogens is 6. The first-order chi connectivity index (χ1) is 12.8. The highest BCUT2D eigenvalue weighted by Crippen LogP contribution is 2.71. The summed E-state index contributed by atoms with van der Waals surface area (Å²) >= 11 is 0. The summed E-state index contributed by atoms with van der Waals surface area (Å²) in [5.74, 6) is -0.487. The highest BCUT2D eigenvalue weighted by Gasteiger charge is 2.83. The second-order valence-corrected chi connectivity index (χ2v) is 9.01. The quantitative estimate of drug-likeness (QED) is 0.591. The molecule has 3 atom stereocenters. The maximum absolute atomic E-state index is 14.2. The molecule has 3 unspecified atom stereocenters. The molecule has 0 aromatic heterocycles. The van der Waals surface area contributed by atoms with Crippen LogP contribution in [0.5, 0.6) is 0 Å². The Hall–Kier alpha value is -0.540. The third kappa shape index (κ3) is 3.25. The van der Waals surface area contributed by atoms with E-state index in [1.165, 1.54) is 0 Å². The van der Waals surface area contributed by atoms with Crippen LogP contribution >= 0.6 is 0 Å². The lowest BCUT2D eigenvalue weighted by molar-refractivity contribution is -0.435. The van der Waals surface area contributed by atoms with Crippen molar-refractivity contribution in [2.45, 2.75) is 88.5 Å². The molecule has 4 bridgehead atoms. The van der Waals surface area contributed by atoms with Crippen LogP contribution in [0.15, 0.2) is 0 Å². The summed E-state index contributed by atoms with van der Waals surface area (Å²) < 4.78 is 95.9. The number of rotatable bonds is 7. The summed E-state index contributed by atoms with van der Waals surface area (Å²) in [7, 11) is 0. The SMILES string of the molecule is CCC(C)OC12CC3CC(C1)CC(C(OCCO)(C(F)(F)F)C(F)(F)F)(C3)C2. The van der Waals surface area contributed by atoms with Crippen LogP contribution in [0, 0.1) is 17.3 Å². The van der Waals surface area contributed by atoms with E-state index in [1.807, 2.05) is 6.92 Å². The lowest BCUT2D eigenvalue weighted by Crippen LogP contribution is -2.74. The van der Waals surface area contributed by atoms with Gasteiger partial charge in [-0.1, -0.05) is 6.92 Å². The zero-order chi connectivity index (χ0) is 21.0. The maximum atomic E-state index is 14.2. The first-order valence-electron chi connectivity index (χ1n) is 9.90. The Bertz CT molecular complexity index is 545. The summed E-state index contributed by atoms with van der Waals surface area (Å²) in [5, 5.41) is 8.96. The van der Waals surface area contributed by atoms with E-state index in [0.29, 0.717) is 25.7 Å². The van der Waals surface area contributed by atoms with Gasteiger partial charge in [0.15, 0.2) is 0 Å². The van der Waals surface area contributed by atoms with Crippen LogP contribution in [0.4, 0.5) is 26.3 Å². The van der Waals surface area contributed by atoms with Gasteiger partial charge in [0.2, 0.25) is 0 Å². The van der Waals surface area contributed by atoms with E-state index >= 15 is 0 Å². The Morgan fingerprint density at radius 1 is 1.00 bits per heavy atom. The van der Waals surface area contributed by atoms with E-state index < -0.39 is 42.2 Å². The van der Waals surface area contributed by atoms with Gasteiger partial charge in [0.05, 0.1) is 24.9 Å². The van der Waals surface area contributed by atoms with Crippen molar-refractivity contribution in [2.24, 2.45) is 17.3 Å². The Kier molecular flexibility index (Phi) is 5.55. The minimum Gasteiger partial charge on any atom is -0.394 e. The molecule has 4 aliphatic rings. The largest absolute Gasteiger partial charge is 0.427 e. The molecule has 4 saturated carbocycles. The van der Waals surface area contributed by atoms with Gasteiger partial charge in [0, 0.05) is 5.41 Å². The average molecular weight is 418 g/mol. The van der Waals surface area contributed by atoms with Crippen molar-refractivity contribution in [1.29, 1.82) is 0 Å². The molecule has 0 aliphatic heterocycles. The molecule has 0 heterocycles. The molecule has 3 nitrogen and oxygen atoms in total. The number of ether oxygens (including phenoxy) is 2. The van der Waals surface area contributed by atoms with E-state index in [2.05, 4.69) is 4.74 Å². The first-order valence-corrected chi connectivity index (χ1v) is 9.90. The highest BCUT2D eigenvalue weighted by molar-refractivity contribution is 5.20. The summed E-state index contributed by atoms with van der Waals surface area (Å²) in [6, 6.07) is 0. The lowest BCUT2D eigenvalue weighted by Gasteiger charge is -2.66. The fraction of sp³-hybridized carbons (Fsp3) is 1.00. The summed E-state index contributed by atoms with van der Waals surface area (Å²) in [6.07, 6.45) is -9.94. The fourth-order valence-corrected chi connectivity index (χ4v) is 6.52. The monoisotopic (exact) mass is 418 g/mol. The molecule has 9 heteroatoms. The van der Waals surface area contributed by atoms with Gasteiger partial charge in [-0.05, 0) is 63.7 Å². The van der Waals surface area contributed by atoms with Crippen molar-refractivity contribution in [3.63, 3.8) is 0 Å². The molecule has 0 spiro atoms. The molecule has 0 aromatic carbocycles. The van der Waals surface area contributed by atoms with E-state index in [9.17, 15) is 26.3 Å². The van der Waals surface area contributed by atoms with Gasteiger partial charge in [0.25, 0.3) is 5.60 Å². The van der Waals surface area contributed by atoms with Crippen LogP contribution < -0.4 is 0 Å². The Balaban J connectivity index is 2.11. The predicted molar refractivity (Wildman–Crippen MR) is 88.6 cm³/mol. The second kappa shape index (κ2) is 7.01. The number of hydrogen-bond acceptors (Lipinski definition) is 3. The molecule has 0 aromatic rings. The standard InChI is InChI=1S/C19H28F6O3/c1-3-12(2)28-16-9-13-6-14(10-16)8-15(7-13,11-16)17(18(20,21)22,19(23,24)25)27-5-4-26/h12-14,26H,3-11H2,1-2H3. The third-order valence-electron chi connectivity index (χ3n) is 6.99. The number of alkyl halides is 6. The number of aliphatic hydroxyl groups is 1. The molecular weight excluding hydrogens is 390 g/mol. The van der Waals surface area contributed by atoms with Crippen LogP contribution in [0.2, 0.25) is 0 Å². The highest BCUT2D eigenvalue weighted by atomic mass is 19.4. The van der Waals surface area contributed by atoms with Crippen molar-refractivity contribution in [3.05, 3.63) is 0 Å². The second-order valence-electron chi connectivity index (χ2n) is 9.01. The van der Waals surface area contributed by atoms with Crippen molar-refractivity contribution < 1.29 is 40.9 Å². The van der Waals surface area contributed by atoms with Gasteiger partial charge in [0.1, 0.15) is 0 Å². The third-order valence-corrected chi connectivity index (χ3v) is 6.99. The van der Waals surface area contributed by atoms with Gasteiger partial charge >= 0.3 is 12.4 Å². The molecule has 0 amide bonds. The average Bonchev–Trinajstić information content (AvgIpc) is 2.50. The number of hydrogen-bond donors (Lipinski definition) is 1. The zero-order valence-corrected chi connectivity index (χ0v) is 16.1. The maximum Gasteiger partial charge on any atom is 0.427 e. The molecule has 0 saturated heterocycles. The molecule has 4 aliphatic carbocycles. The van der Waals surface area contributed by atoms with E-state index in [0.717, 1.165) is 0 Å². The predicted octanol–water partition coefficient (Wildman–Crippen LogP) is 5.01. The summed E-state index contributed by atoms with van der Waals surface area (Å²) in [4.78, 5) is 0. The molecule has 28 heavy (non-hydrogen) atoms. The molecular formula is C19H28F6O3. The summed E-state index contributed by atoms with van der Waals surface area (Å²) in [5.41, 5.74) is -7.39. The smallest absolute Gasteiger partial charge is 0.394 e. The first kappa shape index (κ1) is 22.2. The van der Waals surface area contributed by atoms with Crippen molar-refractivity contribution in [2.75, 3.05) is 13.2 Å². The molecule has 0 radical (unpaired) electrons. The van der Waals surface area contributed by atoms with E-state index in [-0.39, 0.29) is 37.2 Å². The molecule has 4 fully saturated rings. The normalized spacial score (nSPS) is 36.8. The van der Waals surface area contributed by atoms with Crippen LogP contribution in [0.25, 0.3) is 0 Å². The zero-order valence-electron chi connectivity index (χ0n) is 16.1. The van der Waals surface area contributed by atoms with Gasteiger partial charge in [-0.2, -0.15) is 26.3 Å². The van der Waals surface area contributed by atoms with E-state index in [1.54, 1.807) is 6.92 Å². The van der Waals surface area contributed by atoms with Crippen molar-refractivity contribution >= 4 is 0 Å². The van der Waals surface area contributed by atoms with Crippen molar-refractivity contribution in [1.82, 2.24) is 0 Å². The van der Waals surface area contributed by atoms with Crippen LogP contribution in [0.1, 0.15) is 58.8 Å². The Morgan fingerprint density at radius 3 is 1.96 bits per heavy atom. The minimum absolute atomic E-state index is 0.181. The van der Waals surface area contributed by atoms with Crippen LogP contribution in [-0.4, -0.2) is 48.0 Å². The van der Waals surface area contributed by atoms with Gasteiger partial charge in [-0.25, -0.2) is 0 Å². The Labute approximate surface area is 160 Å². The van der Waals surface area contributed by atoms with Crippen LogP contribution in [-0.2, 0) is 9.47 Å². The van der Waals surface area contributed by atoms with Gasteiger partial charge < -0.3 is 14.6 Å². The topological polar surface area (TPSA) is 38.7 Å². The lowest BCUT2D eigenvalue weighted by atomic mass is 9.43. The van der Waals surface area contributed by atoms with Crippen molar-refractivity contribution in [3.8, 4) is 0 Å². The molecule has 164 valence electrons. The number of aliphatic hydroxyl groups excluding tert-OH is 1. The molecule has 4 rings (SSSR count). The van der Waals surface area contributed by atoms with Crippen LogP contribution in [0.3, 0.4) is 0 Å². The van der Waals surface area contributed by atoms with Gasteiger partial charge in [-0.3, -0.25) is 0 Å². The summed E-state index contributed by atoms with van der Waals surface area (Å²) in [6.45, 7) is 1.75. The fourth-order valence-electron chi connectivity index (χ4n) is 6.52. The molecule has 1 N–H and O–H groups in total.